The van der Waals surface area contributed by atoms with E-state index in [9.17, 15) is 22.8 Å². The molecule has 0 aliphatic carbocycles. The van der Waals surface area contributed by atoms with Crippen LogP contribution in [0.1, 0.15) is 34.9 Å². The number of carbonyl (C=O) groups excluding carboxylic acids is 2. The number of benzene rings is 2. The van der Waals surface area contributed by atoms with Crippen molar-refractivity contribution in [3.05, 3.63) is 82.8 Å². The van der Waals surface area contributed by atoms with Crippen LogP contribution in [0.5, 0.6) is 5.75 Å². The van der Waals surface area contributed by atoms with E-state index >= 15 is 0 Å². The van der Waals surface area contributed by atoms with Gasteiger partial charge in [-0.3, -0.25) is 19.8 Å². The lowest BCUT2D eigenvalue weighted by atomic mass is 10.1. The number of alkyl halides is 3. The van der Waals surface area contributed by atoms with Crippen LogP contribution in [0.2, 0.25) is 0 Å². The molecule has 2 aromatic carbocycles. The number of unbranched alkanes of at least 4 members (excludes halogenated alkanes) is 1. The molecule has 5 aromatic rings. The number of nitrogens with zero attached hydrogens (tertiary/aromatic N) is 7. The minimum Gasteiger partial charge on any atom is -0.406 e. The Bertz CT molecular complexity index is 1910. The van der Waals surface area contributed by atoms with E-state index < -0.39 is 18.0 Å². The lowest BCUT2D eigenvalue weighted by Crippen LogP contribution is -2.36. The molecule has 0 saturated carbocycles. The first kappa shape index (κ1) is 34.8. The van der Waals surface area contributed by atoms with Crippen LogP contribution >= 0.6 is 11.3 Å². The molecular weight excluding hydrogens is 675 g/mol. The first-order chi connectivity index (χ1) is 24.2. The first-order valence-corrected chi connectivity index (χ1v) is 16.8. The third-order valence-corrected chi connectivity index (χ3v) is 8.67. The fourth-order valence-electron chi connectivity index (χ4n) is 5.46. The lowest BCUT2D eigenvalue weighted by Gasteiger charge is -2.26. The quantitative estimate of drug-likeness (QED) is 0.154. The SMILES string of the molecule is O=C(Cc1cccc(OC(F)(F)F)c1)Nc1ccc(CCCCc2nnc(NC(=O)Cn3c(CN4CCOCC4)nc4ccccc43)s2)nn1. The average Bonchev–Trinajstić information content (AvgIpc) is 3.67. The van der Waals surface area contributed by atoms with Gasteiger partial charge in [-0.15, -0.1) is 28.5 Å². The Hall–Kier alpha value is -5.00. The molecular formula is C33H34F3N9O4S. The van der Waals surface area contributed by atoms with E-state index in [2.05, 4.69) is 40.7 Å². The molecule has 262 valence electrons. The number of para-hydroxylation sites is 2. The van der Waals surface area contributed by atoms with E-state index in [0.717, 1.165) is 59.6 Å². The Morgan fingerprint density at radius 3 is 2.52 bits per heavy atom. The van der Waals surface area contributed by atoms with Crippen LogP contribution in [0.3, 0.4) is 0 Å². The van der Waals surface area contributed by atoms with Crippen molar-refractivity contribution in [1.29, 1.82) is 0 Å². The van der Waals surface area contributed by atoms with Crippen LogP contribution in [-0.4, -0.2) is 79.3 Å². The predicted molar refractivity (Wildman–Crippen MR) is 179 cm³/mol. The van der Waals surface area contributed by atoms with E-state index in [0.29, 0.717) is 43.3 Å². The normalized spacial score (nSPS) is 13.7. The van der Waals surface area contributed by atoms with Gasteiger partial charge in [0.2, 0.25) is 16.9 Å². The number of imidazole rings is 1. The fraction of sp³-hybridized carbons (Fsp3) is 0.364. The zero-order valence-corrected chi connectivity index (χ0v) is 27.7. The number of aryl methyl sites for hydroxylation is 2. The molecule has 6 rings (SSSR count). The van der Waals surface area contributed by atoms with Crippen molar-refractivity contribution in [2.24, 2.45) is 0 Å². The number of nitrogens with one attached hydrogen (secondary N) is 2. The molecule has 1 aliphatic heterocycles. The zero-order valence-electron chi connectivity index (χ0n) is 26.9. The number of morpholine rings is 1. The topological polar surface area (TPSA) is 149 Å². The van der Waals surface area contributed by atoms with Crippen molar-refractivity contribution in [3.63, 3.8) is 0 Å². The Morgan fingerprint density at radius 1 is 0.900 bits per heavy atom. The molecule has 2 amide bonds. The summed E-state index contributed by atoms with van der Waals surface area (Å²) in [6.45, 7) is 3.73. The Morgan fingerprint density at radius 2 is 1.72 bits per heavy atom. The molecule has 0 bridgehead atoms. The second kappa shape index (κ2) is 16.1. The summed E-state index contributed by atoms with van der Waals surface area (Å²) in [4.78, 5) is 32.5. The number of anilines is 2. The Kier molecular flexibility index (Phi) is 11.2. The van der Waals surface area contributed by atoms with E-state index in [-0.39, 0.29) is 24.7 Å². The summed E-state index contributed by atoms with van der Waals surface area (Å²) in [7, 11) is 0. The number of amides is 2. The number of ether oxygens (including phenoxy) is 2. The van der Waals surface area contributed by atoms with Crippen LogP contribution in [0.4, 0.5) is 24.1 Å². The van der Waals surface area contributed by atoms with E-state index in [1.807, 2.05) is 28.8 Å². The van der Waals surface area contributed by atoms with Gasteiger partial charge in [0.1, 0.15) is 23.1 Å². The largest absolute Gasteiger partial charge is 0.573 e. The highest BCUT2D eigenvalue weighted by molar-refractivity contribution is 7.15. The summed E-state index contributed by atoms with van der Waals surface area (Å²) in [6.07, 6.45) is -2.02. The number of hydrogen-bond acceptors (Lipinski definition) is 11. The van der Waals surface area contributed by atoms with Gasteiger partial charge in [-0.25, -0.2) is 4.98 Å². The van der Waals surface area contributed by atoms with Crippen LogP contribution in [0, 0.1) is 0 Å². The van der Waals surface area contributed by atoms with Crippen molar-refractivity contribution >= 4 is 45.1 Å². The summed E-state index contributed by atoms with van der Waals surface area (Å²) < 4.78 is 48.7. The van der Waals surface area contributed by atoms with Crippen LogP contribution in [0.25, 0.3) is 11.0 Å². The smallest absolute Gasteiger partial charge is 0.406 e. The number of halogens is 3. The minimum atomic E-state index is -4.81. The maximum atomic E-state index is 13.1. The van der Waals surface area contributed by atoms with Gasteiger partial charge in [0.05, 0.1) is 42.9 Å². The summed E-state index contributed by atoms with van der Waals surface area (Å²) in [6, 6.07) is 16.4. The van der Waals surface area contributed by atoms with Gasteiger partial charge in [-0.05, 0) is 61.2 Å². The highest BCUT2D eigenvalue weighted by Crippen LogP contribution is 2.24. The molecule has 1 fully saturated rings. The molecule has 0 unspecified atom stereocenters. The molecule has 0 spiro atoms. The molecule has 3 aromatic heterocycles. The first-order valence-electron chi connectivity index (χ1n) is 16.0. The van der Waals surface area contributed by atoms with Gasteiger partial charge in [0, 0.05) is 19.5 Å². The minimum absolute atomic E-state index is 0.104. The number of rotatable bonds is 14. The second-order valence-corrected chi connectivity index (χ2v) is 12.6. The standard InChI is InChI=1S/C33H34F3N9O4S/c34-33(35,36)49-24-8-5-6-22(18-24)19-29(46)38-27-13-12-23(40-41-27)7-1-4-11-31-42-43-32(50-31)39-30(47)21-45-26-10-3-2-9-25(26)37-28(45)20-44-14-16-48-17-15-44/h2-3,5-6,8-10,12-13,18H,1,4,7,11,14-17,19-21H2,(H,38,41,46)(H,39,43,47). The van der Waals surface area contributed by atoms with Gasteiger partial charge < -0.3 is 19.4 Å². The third-order valence-electron chi connectivity index (χ3n) is 7.77. The second-order valence-electron chi connectivity index (χ2n) is 11.6. The van der Waals surface area contributed by atoms with Crippen molar-refractivity contribution in [3.8, 4) is 5.75 Å². The van der Waals surface area contributed by atoms with Gasteiger partial charge >= 0.3 is 6.36 Å². The number of aromatic nitrogens is 6. The molecule has 4 heterocycles. The van der Waals surface area contributed by atoms with Crippen molar-refractivity contribution < 1.29 is 32.2 Å². The van der Waals surface area contributed by atoms with Crippen molar-refractivity contribution in [2.75, 3.05) is 36.9 Å². The molecule has 50 heavy (non-hydrogen) atoms. The maximum absolute atomic E-state index is 13.1. The fourth-order valence-corrected chi connectivity index (χ4v) is 6.25. The van der Waals surface area contributed by atoms with Crippen LogP contribution in [0.15, 0.2) is 60.7 Å². The zero-order chi connectivity index (χ0) is 34.9. The molecule has 1 aliphatic rings. The van der Waals surface area contributed by atoms with E-state index in [1.54, 1.807) is 12.1 Å². The third kappa shape index (κ3) is 10.0. The Labute approximate surface area is 288 Å². The molecule has 2 N–H and O–H groups in total. The van der Waals surface area contributed by atoms with Crippen molar-refractivity contribution in [2.45, 2.75) is 51.6 Å². The van der Waals surface area contributed by atoms with Gasteiger partial charge in [-0.2, -0.15) is 5.10 Å². The number of carbonyl (C=O) groups is 2. The molecule has 13 nitrogen and oxygen atoms in total. The molecule has 0 radical (unpaired) electrons. The lowest BCUT2D eigenvalue weighted by molar-refractivity contribution is -0.274. The van der Waals surface area contributed by atoms with Crippen LogP contribution in [-0.2, 0) is 46.7 Å². The summed E-state index contributed by atoms with van der Waals surface area (Å²) in [5.41, 5.74) is 2.84. The molecule has 1 saturated heterocycles. The predicted octanol–water partition coefficient (Wildman–Crippen LogP) is 4.79. The summed E-state index contributed by atoms with van der Waals surface area (Å²) >= 11 is 1.34. The molecule has 17 heteroatoms. The Balaban J connectivity index is 0.931. The van der Waals surface area contributed by atoms with E-state index in [1.165, 1.54) is 29.5 Å². The monoisotopic (exact) mass is 709 g/mol. The number of fused-ring (bicyclic) bond motifs is 1. The highest BCUT2D eigenvalue weighted by Gasteiger charge is 2.31. The summed E-state index contributed by atoms with van der Waals surface area (Å²) in [5.74, 6) is 0.0111. The van der Waals surface area contributed by atoms with Gasteiger partial charge in [0.25, 0.3) is 0 Å². The average molecular weight is 710 g/mol. The highest BCUT2D eigenvalue weighted by atomic mass is 32.1. The van der Waals surface area contributed by atoms with E-state index in [4.69, 9.17) is 9.72 Å². The number of hydrogen-bond donors (Lipinski definition) is 2. The summed E-state index contributed by atoms with van der Waals surface area (Å²) in [5, 5.41) is 23.3. The van der Waals surface area contributed by atoms with Crippen LogP contribution < -0.4 is 15.4 Å². The maximum Gasteiger partial charge on any atom is 0.573 e. The molecule has 0 atom stereocenters. The van der Waals surface area contributed by atoms with Gasteiger partial charge in [0.15, 0.2) is 5.82 Å². The van der Waals surface area contributed by atoms with Crippen molar-refractivity contribution in [1.82, 2.24) is 34.8 Å². The van der Waals surface area contributed by atoms with Gasteiger partial charge in [-0.1, -0.05) is 35.6 Å².